The zero-order valence-electron chi connectivity index (χ0n) is 18.4. The fourth-order valence-corrected chi connectivity index (χ4v) is 8.08. The molecule has 0 spiro atoms. The van der Waals surface area contributed by atoms with Crippen LogP contribution in [0.2, 0.25) is 0 Å². The smallest absolute Gasteiger partial charge is 0.0577 e. The second-order valence-electron chi connectivity index (χ2n) is 11.4. The van der Waals surface area contributed by atoms with E-state index in [9.17, 15) is 5.11 Å². The Hall–Kier alpha value is -0.560. The van der Waals surface area contributed by atoms with Gasteiger partial charge in [-0.3, -0.25) is 0 Å². The third-order valence-corrected chi connectivity index (χ3v) is 9.59. The first-order valence-corrected chi connectivity index (χ1v) is 11.8. The van der Waals surface area contributed by atoms with Crippen LogP contribution < -0.4 is 0 Å². The molecule has 0 aliphatic heterocycles. The summed E-state index contributed by atoms with van der Waals surface area (Å²) in [7, 11) is 0. The topological polar surface area (TPSA) is 20.2 Å². The Kier molecular flexibility index (Phi) is 5.15. The predicted molar refractivity (Wildman–Crippen MR) is 114 cm³/mol. The van der Waals surface area contributed by atoms with Crippen molar-refractivity contribution in [2.45, 2.75) is 92.1 Å². The predicted octanol–water partition coefficient (Wildman–Crippen LogP) is 6.77. The van der Waals surface area contributed by atoms with Crippen LogP contribution in [-0.2, 0) is 0 Å². The van der Waals surface area contributed by atoms with E-state index in [1.807, 2.05) is 0 Å². The summed E-state index contributed by atoms with van der Waals surface area (Å²) in [5.41, 5.74) is 2.52. The molecule has 0 saturated heterocycles. The Morgan fingerprint density at radius 2 is 1.78 bits per heavy atom. The van der Waals surface area contributed by atoms with Gasteiger partial charge in [-0.25, -0.2) is 0 Å². The van der Waals surface area contributed by atoms with Gasteiger partial charge < -0.3 is 5.11 Å². The standard InChI is InChI=1S/C26H42O/c1-17(2)6-7-18(3)22-10-11-23-21-9-8-19-16-20(27)12-14-25(19,4)24(21)13-15-26(22,23)5/h6-8,17-18,20-24,27H,9-16H2,1-5H3/b7-6+/t18-,20+,21+,22?,23+,24+,25+,26-/m1/s1. The average molecular weight is 371 g/mol. The minimum atomic E-state index is -0.0841. The molecular formula is C26H42O. The molecule has 3 fully saturated rings. The van der Waals surface area contributed by atoms with Crippen molar-refractivity contribution in [1.29, 1.82) is 0 Å². The van der Waals surface area contributed by atoms with E-state index < -0.39 is 0 Å². The van der Waals surface area contributed by atoms with Gasteiger partial charge in [-0.1, -0.05) is 58.4 Å². The van der Waals surface area contributed by atoms with Gasteiger partial charge in [0.05, 0.1) is 6.10 Å². The lowest BCUT2D eigenvalue weighted by molar-refractivity contribution is -0.0540. The van der Waals surface area contributed by atoms with Crippen molar-refractivity contribution in [2.24, 2.45) is 46.3 Å². The molecule has 3 saturated carbocycles. The zero-order valence-corrected chi connectivity index (χ0v) is 18.4. The molecule has 0 radical (unpaired) electrons. The molecule has 1 heteroatoms. The number of hydrogen-bond acceptors (Lipinski definition) is 1. The molecule has 4 rings (SSSR count). The van der Waals surface area contributed by atoms with Gasteiger partial charge in [0.2, 0.25) is 0 Å². The Bertz CT molecular complexity index is 616. The summed E-state index contributed by atoms with van der Waals surface area (Å²) in [6.45, 7) is 12.3. The minimum absolute atomic E-state index is 0.0841. The lowest BCUT2D eigenvalue weighted by Crippen LogP contribution is -2.50. The van der Waals surface area contributed by atoms with Crippen LogP contribution >= 0.6 is 0 Å². The normalized spacial score (nSPS) is 48.1. The fourth-order valence-electron chi connectivity index (χ4n) is 8.08. The van der Waals surface area contributed by atoms with Crippen molar-refractivity contribution in [1.82, 2.24) is 0 Å². The van der Waals surface area contributed by atoms with Crippen molar-refractivity contribution < 1.29 is 5.11 Å². The number of fused-ring (bicyclic) bond motifs is 5. The maximum Gasteiger partial charge on any atom is 0.0577 e. The Morgan fingerprint density at radius 3 is 2.52 bits per heavy atom. The maximum absolute atomic E-state index is 10.2. The Labute approximate surface area is 167 Å². The molecule has 4 aliphatic rings. The largest absolute Gasteiger partial charge is 0.393 e. The van der Waals surface area contributed by atoms with Gasteiger partial charge in [0.15, 0.2) is 0 Å². The summed E-state index contributed by atoms with van der Waals surface area (Å²) in [5, 5.41) is 10.2. The zero-order chi connectivity index (χ0) is 19.4. The number of hydrogen-bond donors (Lipinski definition) is 1. The van der Waals surface area contributed by atoms with E-state index in [4.69, 9.17) is 0 Å². The summed E-state index contributed by atoms with van der Waals surface area (Å²) in [5.74, 6) is 4.91. The second-order valence-corrected chi connectivity index (χ2v) is 11.4. The van der Waals surface area contributed by atoms with Crippen molar-refractivity contribution in [3.63, 3.8) is 0 Å². The first kappa shape index (κ1) is 19.7. The lowest BCUT2D eigenvalue weighted by Gasteiger charge is -2.58. The lowest BCUT2D eigenvalue weighted by atomic mass is 9.47. The quantitative estimate of drug-likeness (QED) is 0.543. The molecule has 152 valence electrons. The molecule has 1 nitrogen and oxygen atoms in total. The van der Waals surface area contributed by atoms with Crippen LogP contribution in [0.1, 0.15) is 86.0 Å². The van der Waals surface area contributed by atoms with Gasteiger partial charge in [0.25, 0.3) is 0 Å². The molecule has 1 unspecified atom stereocenters. The first-order chi connectivity index (χ1) is 12.8. The summed E-state index contributed by atoms with van der Waals surface area (Å²) in [4.78, 5) is 0. The summed E-state index contributed by atoms with van der Waals surface area (Å²) in [6.07, 6.45) is 17.6. The Balaban J connectivity index is 1.57. The van der Waals surface area contributed by atoms with E-state index in [0.29, 0.717) is 22.7 Å². The highest BCUT2D eigenvalue weighted by atomic mass is 16.3. The van der Waals surface area contributed by atoms with Gasteiger partial charge in [0.1, 0.15) is 0 Å². The second kappa shape index (κ2) is 7.05. The molecule has 0 heterocycles. The molecular weight excluding hydrogens is 328 g/mol. The molecule has 0 bridgehead atoms. The first-order valence-electron chi connectivity index (χ1n) is 11.8. The molecule has 27 heavy (non-hydrogen) atoms. The van der Waals surface area contributed by atoms with Crippen LogP contribution in [-0.4, -0.2) is 11.2 Å². The minimum Gasteiger partial charge on any atom is -0.393 e. The van der Waals surface area contributed by atoms with Gasteiger partial charge in [-0.05, 0) is 97.7 Å². The summed E-state index contributed by atoms with van der Waals surface area (Å²) < 4.78 is 0. The third-order valence-electron chi connectivity index (χ3n) is 9.59. The van der Waals surface area contributed by atoms with Crippen LogP contribution in [0.15, 0.2) is 23.8 Å². The van der Waals surface area contributed by atoms with E-state index in [2.05, 4.69) is 52.8 Å². The molecule has 0 aromatic rings. The van der Waals surface area contributed by atoms with Crippen LogP contribution in [0.3, 0.4) is 0 Å². The summed E-state index contributed by atoms with van der Waals surface area (Å²) in [6, 6.07) is 0. The number of aliphatic hydroxyl groups excluding tert-OH is 1. The van der Waals surface area contributed by atoms with Crippen molar-refractivity contribution >= 4 is 0 Å². The SMILES string of the molecule is CC(C)/C=C/[C@@H](C)C1CC[C@H]2[C@@H]3CC=C4C[C@@H](O)CC[C@]4(C)[C@H]3CC[C@]12C. The van der Waals surface area contributed by atoms with Crippen molar-refractivity contribution in [2.75, 3.05) is 0 Å². The monoisotopic (exact) mass is 370 g/mol. The van der Waals surface area contributed by atoms with Gasteiger partial charge in [-0.2, -0.15) is 0 Å². The summed E-state index contributed by atoms with van der Waals surface area (Å²) >= 11 is 0. The maximum atomic E-state index is 10.2. The molecule has 0 amide bonds. The van der Waals surface area contributed by atoms with Gasteiger partial charge in [-0.15, -0.1) is 0 Å². The number of aliphatic hydroxyl groups is 1. The number of rotatable bonds is 3. The molecule has 0 aromatic carbocycles. The van der Waals surface area contributed by atoms with Crippen molar-refractivity contribution in [3.8, 4) is 0 Å². The molecule has 8 atom stereocenters. The Morgan fingerprint density at radius 1 is 1.00 bits per heavy atom. The molecule has 0 aromatic heterocycles. The highest BCUT2D eigenvalue weighted by molar-refractivity contribution is 5.25. The molecule has 4 aliphatic carbocycles. The van der Waals surface area contributed by atoms with E-state index >= 15 is 0 Å². The van der Waals surface area contributed by atoms with Crippen LogP contribution in [0.5, 0.6) is 0 Å². The third kappa shape index (κ3) is 3.17. The van der Waals surface area contributed by atoms with E-state index in [1.54, 1.807) is 5.57 Å². The van der Waals surface area contributed by atoms with Crippen LogP contribution in [0.4, 0.5) is 0 Å². The number of allylic oxidation sites excluding steroid dienone is 3. The van der Waals surface area contributed by atoms with Crippen molar-refractivity contribution in [3.05, 3.63) is 23.8 Å². The highest BCUT2D eigenvalue weighted by Crippen LogP contribution is 2.67. The van der Waals surface area contributed by atoms with Gasteiger partial charge in [0, 0.05) is 0 Å². The van der Waals surface area contributed by atoms with Crippen LogP contribution in [0.25, 0.3) is 0 Å². The fraction of sp³-hybridized carbons (Fsp3) is 0.846. The van der Waals surface area contributed by atoms with Gasteiger partial charge >= 0.3 is 0 Å². The average Bonchev–Trinajstić information content (AvgIpc) is 2.97. The van der Waals surface area contributed by atoms with Crippen LogP contribution in [0, 0.1) is 46.3 Å². The van der Waals surface area contributed by atoms with E-state index in [-0.39, 0.29) is 6.10 Å². The molecule has 1 N–H and O–H groups in total. The van der Waals surface area contributed by atoms with E-state index in [1.165, 1.54) is 38.5 Å². The highest BCUT2D eigenvalue weighted by Gasteiger charge is 2.58. The van der Waals surface area contributed by atoms with E-state index in [0.717, 1.165) is 36.5 Å².